The Hall–Kier alpha value is -3.88. The molecule has 4 aromatic rings. The van der Waals surface area contributed by atoms with Crippen LogP contribution in [0.25, 0.3) is 11.3 Å². The van der Waals surface area contributed by atoms with E-state index in [9.17, 15) is 14.8 Å². The second-order valence-corrected chi connectivity index (χ2v) is 8.83. The highest BCUT2D eigenvalue weighted by Gasteiger charge is 2.25. The van der Waals surface area contributed by atoms with Gasteiger partial charge >= 0.3 is 6.03 Å². The van der Waals surface area contributed by atoms with Crippen molar-refractivity contribution in [1.29, 1.82) is 0 Å². The molecule has 0 saturated heterocycles. The van der Waals surface area contributed by atoms with E-state index in [0.29, 0.717) is 37.7 Å². The lowest BCUT2D eigenvalue weighted by molar-refractivity contribution is -0.593. The first-order valence-corrected chi connectivity index (χ1v) is 11.7. The molecule has 3 N–H and O–H groups in total. The van der Waals surface area contributed by atoms with Gasteiger partial charge in [0.05, 0.1) is 0 Å². The van der Waals surface area contributed by atoms with Gasteiger partial charge in [0.15, 0.2) is 6.20 Å². The molecular weight excluding hydrogens is 532 g/mol. The van der Waals surface area contributed by atoms with E-state index in [2.05, 4.69) is 31.9 Å². The molecule has 0 bridgehead atoms. The Morgan fingerprint density at radius 1 is 0.829 bits per heavy atom. The number of pyridine rings is 1. The van der Waals surface area contributed by atoms with E-state index in [0.717, 1.165) is 4.73 Å². The van der Waals surface area contributed by atoms with Crippen molar-refractivity contribution < 1.29 is 14.3 Å². The van der Waals surface area contributed by atoms with Crippen LogP contribution in [0.3, 0.4) is 0 Å². The summed E-state index contributed by atoms with van der Waals surface area (Å²) < 4.78 is 1.45. The molecule has 35 heavy (non-hydrogen) atoms. The summed E-state index contributed by atoms with van der Waals surface area (Å²) in [5.41, 5.74) is 2.84. The molecule has 1 atom stereocenters. The lowest BCUT2D eigenvalue weighted by atomic mass is 10.1. The lowest BCUT2D eigenvalue weighted by Gasteiger charge is -2.20. The van der Waals surface area contributed by atoms with Crippen molar-refractivity contribution in [2.24, 2.45) is 0 Å². The minimum absolute atomic E-state index is 0.436. The number of carbonyl (C=O) groups is 2. The van der Waals surface area contributed by atoms with Crippen LogP contribution in [0.1, 0.15) is 11.6 Å². The van der Waals surface area contributed by atoms with E-state index >= 15 is 0 Å². The number of nitrogens with one attached hydrogen (secondary N) is 3. The molecule has 0 fully saturated rings. The largest absolute Gasteiger partial charge is 0.618 e. The molecule has 1 aromatic heterocycles. The number of urea groups is 1. The predicted octanol–water partition coefficient (Wildman–Crippen LogP) is 5.90. The number of nitrogens with zero attached hydrogens (tertiary/aromatic N) is 1. The summed E-state index contributed by atoms with van der Waals surface area (Å²) in [7, 11) is 0. The van der Waals surface area contributed by atoms with Crippen LogP contribution in [0.15, 0.2) is 102 Å². The number of anilines is 2. The maximum atomic E-state index is 13.3. The molecule has 0 aliphatic rings. The van der Waals surface area contributed by atoms with Crippen LogP contribution in [0.2, 0.25) is 5.02 Å². The van der Waals surface area contributed by atoms with Crippen LogP contribution in [0, 0.1) is 5.21 Å². The number of carbonyl (C=O) groups excluding carboxylic acids is 2. The lowest BCUT2D eigenvalue weighted by Crippen LogP contribution is -2.39. The second-order valence-electron chi connectivity index (χ2n) is 7.54. The molecule has 0 radical (unpaired) electrons. The third kappa shape index (κ3) is 6.17. The van der Waals surface area contributed by atoms with Gasteiger partial charge in [0.2, 0.25) is 5.69 Å². The van der Waals surface area contributed by atoms with E-state index in [-0.39, 0.29) is 0 Å². The van der Waals surface area contributed by atoms with Crippen molar-refractivity contribution in [3.8, 4) is 11.3 Å². The number of benzene rings is 3. The molecule has 3 aromatic carbocycles. The summed E-state index contributed by atoms with van der Waals surface area (Å²) in [6, 6.07) is 24.3. The molecule has 0 aliphatic carbocycles. The summed E-state index contributed by atoms with van der Waals surface area (Å²) >= 11 is 9.36. The first-order valence-electron chi connectivity index (χ1n) is 10.6. The number of aromatic nitrogens is 1. The Morgan fingerprint density at radius 3 is 2.14 bits per heavy atom. The highest BCUT2D eigenvalue weighted by Crippen LogP contribution is 2.26. The molecule has 4 rings (SSSR count). The van der Waals surface area contributed by atoms with Gasteiger partial charge in [0.1, 0.15) is 6.04 Å². The van der Waals surface area contributed by atoms with E-state index in [1.165, 1.54) is 6.20 Å². The van der Waals surface area contributed by atoms with E-state index < -0.39 is 18.0 Å². The maximum Gasteiger partial charge on any atom is 0.320 e. The monoisotopic (exact) mass is 550 g/mol. The summed E-state index contributed by atoms with van der Waals surface area (Å²) in [6.07, 6.45) is 1.42. The highest BCUT2D eigenvalue weighted by molar-refractivity contribution is 9.10. The van der Waals surface area contributed by atoms with Gasteiger partial charge in [0, 0.05) is 38.6 Å². The first-order chi connectivity index (χ1) is 16.9. The summed E-state index contributed by atoms with van der Waals surface area (Å²) in [6.45, 7) is 0. The fourth-order valence-corrected chi connectivity index (χ4v) is 4.06. The van der Waals surface area contributed by atoms with E-state index in [1.807, 2.05) is 6.07 Å². The topological polar surface area (TPSA) is 97.2 Å². The molecule has 7 nitrogen and oxygen atoms in total. The van der Waals surface area contributed by atoms with E-state index in [1.54, 1.807) is 84.9 Å². The quantitative estimate of drug-likeness (QED) is 0.205. The van der Waals surface area contributed by atoms with Gasteiger partial charge < -0.3 is 21.2 Å². The van der Waals surface area contributed by atoms with Crippen molar-refractivity contribution in [1.82, 2.24) is 5.32 Å². The molecule has 1 unspecified atom stereocenters. The fourth-order valence-electron chi connectivity index (χ4n) is 3.42. The van der Waals surface area contributed by atoms with Gasteiger partial charge in [-0.15, -0.1) is 0 Å². The average molecular weight is 552 g/mol. The Morgan fingerprint density at radius 2 is 1.46 bits per heavy atom. The van der Waals surface area contributed by atoms with Crippen molar-refractivity contribution in [2.45, 2.75) is 6.04 Å². The summed E-state index contributed by atoms with van der Waals surface area (Å²) in [4.78, 5) is 26.0. The van der Waals surface area contributed by atoms with Crippen LogP contribution in [0.5, 0.6) is 0 Å². The van der Waals surface area contributed by atoms with Crippen LogP contribution in [-0.2, 0) is 4.79 Å². The normalized spacial score (nSPS) is 11.4. The maximum absolute atomic E-state index is 13.3. The number of hydrogen-bond donors (Lipinski definition) is 3. The smallest absolute Gasteiger partial charge is 0.320 e. The van der Waals surface area contributed by atoms with Gasteiger partial charge in [-0.3, -0.25) is 4.79 Å². The Bertz CT molecular complexity index is 1350. The predicted molar refractivity (Wildman–Crippen MR) is 140 cm³/mol. The van der Waals surface area contributed by atoms with Crippen molar-refractivity contribution in [3.63, 3.8) is 0 Å². The molecule has 9 heteroatoms. The van der Waals surface area contributed by atoms with Gasteiger partial charge in [-0.25, -0.2) is 4.79 Å². The SMILES string of the molecule is O=C(Nc1ccc(Cl)cc1)NC(C(=O)Nc1ccc(-c2cccc[n+]2[O-])cc1)c1ccccc1Br. The van der Waals surface area contributed by atoms with E-state index in [4.69, 9.17) is 11.6 Å². The molecule has 0 spiro atoms. The fraction of sp³-hybridized carbons (Fsp3) is 0.0385. The molecular formula is C26H20BrClN4O3. The zero-order chi connectivity index (χ0) is 24.8. The van der Waals surface area contributed by atoms with Gasteiger partial charge in [-0.1, -0.05) is 45.7 Å². The second kappa shape index (κ2) is 11.0. The van der Waals surface area contributed by atoms with Crippen LogP contribution in [-0.4, -0.2) is 11.9 Å². The Labute approximate surface area is 215 Å². The molecule has 0 aliphatic heterocycles. The average Bonchev–Trinajstić information content (AvgIpc) is 2.85. The third-order valence-electron chi connectivity index (χ3n) is 5.13. The van der Waals surface area contributed by atoms with Crippen LogP contribution >= 0.6 is 27.5 Å². The zero-order valence-corrected chi connectivity index (χ0v) is 20.6. The van der Waals surface area contributed by atoms with Crippen molar-refractivity contribution >= 4 is 50.8 Å². The van der Waals surface area contributed by atoms with Crippen molar-refractivity contribution in [3.05, 3.63) is 117 Å². The van der Waals surface area contributed by atoms with Gasteiger partial charge in [-0.05, 0) is 66.2 Å². The Kier molecular flexibility index (Phi) is 7.64. The Balaban J connectivity index is 1.52. The van der Waals surface area contributed by atoms with Gasteiger partial charge in [-0.2, -0.15) is 4.73 Å². The number of rotatable bonds is 6. The van der Waals surface area contributed by atoms with Gasteiger partial charge in [0.25, 0.3) is 5.91 Å². The third-order valence-corrected chi connectivity index (χ3v) is 6.10. The number of hydrogen-bond acceptors (Lipinski definition) is 3. The van der Waals surface area contributed by atoms with Crippen molar-refractivity contribution in [2.75, 3.05) is 10.6 Å². The molecule has 0 saturated carbocycles. The molecule has 1 heterocycles. The molecule has 3 amide bonds. The highest BCUT2D eigenvalue weighted by atomic mass is 79.9. The summed E-state index contributed by atoms with van der Waals surface area (Å²) in [5, 5.41) is 20.8. The minimum Gasteiger partial charge on any atom is -0.618 e. The standard InChI is InChI=1S/C26H20BrClN4O3/c27-22-6-2-1-5-21(22)24(31-26(34)30-20-14-10-18(28)11-15-20)25(33)29-19-12-8-17(9-13-19)23-7-3-4-16-32(23)35/h1-16,24H,(H,29,33)(H2,30,31,34). The van der Waals surface area contributed by atoms with Crippen LogP contribution < -0.4 is 20.7 Å². The number of amides is 3. The zero-order valence-electron chi connectivity index (χ0n) is 18.2. The van der Waals surface area contributed by atoms with Crippen LogP contribution in [0.4, 0.5) is 16.2 Å². The number of halogens is 2. The minimum atomic E-state index is -0.990. The summed E-state index contributed by atoms with van der Waals surface area (Å²) in [5.74, 6) is -0.436. The first kappa shape index (κ1) is 24.3. The molecule has 176 valence electrons.